The summed E-state index contributed by atoms with van der Waals surface area (Å²) in [5.41, 5.74) is 4.90. The van der Waals surface area contributed by atoms with Gasteiger partial charge in [0.25, 0.3) is 0 Å². The molecule has 0 heterocycles. The molecule has 0 amide bonds. The van der Waals surface area contributed by atoms with E-state index in [1.165, 1.54) is 50.5 Å². The monoisotopic (exact) mass is 396 g/mol. The standard InChI is InChI=1S/C28H44O/c1-18(2)19(3)7-8-20(4)24-11-12-25-23-10-9-21-17-22(29)13-15-27(21,5)26(23)14-16-28(24,25)6/h9,20,22-26,29H,1,3,7-8,10-17H2,2,4-6H3. The predicted octanol–water partition coefficient (Wildman–Crippen LogP) is 7.47. The van der Waals surface area contributed by atoms with Gasteiger partial charge in [0.1, 0.15) is 0 Å². The maximum atomic E-state index is 10.2. The van der Waals surface area contributed by atoms with Gasteiger partial charge in [0.2, 0.25) is 0 Å². The Morgan fingerprint density at radius 2 is 1.90 bits per heavy atom. The van der Waals surface area contributed by atoms with Gasteiger partial charge in [-0.3, -0.25) is 0 Å². The Balaban J connectivity index is 1.50. The lowest BCUT2D eigenvalue weighted by atomic mass is 9.47. The van der Waals surface area contributed by atoms with Crippen molar-refractivity contribution in [2.75, 3.05) is 0 Å². The molecular formula is C28H44O. The van der Waals surface area contributed by atoms with Gasteiger partial charge in [0.15, 0.2) is 0 Å². The first-order valence-corrected chi connectivity index (χ1v) is 12.4. The van der Waals surface area contributed by atoms with Crippen LogP contribution in [0, 0.1) is 40.4 Å². The quantitative estimate of drug-likeness (QED) is 0.377. The molecule has 162 valence electrons. The second-order valence-electron chi connectivity index (χ2n) is 11.8. The molecule has 0 radical (unpaired) electrons. The molecule has 0 spiro atoms. The molecule has 0 aromatic heterocycles. The molecule has 1 nitrogen and oxygen atoms in total. The van der Waals surface area contributed by atoms with Gasteiger partial charge in [-0.05, 0) is 112 Å². The first-order valence-electron chi connectivity index (χ1n) is 12.4. The summed E-state index contributed by atoms with van der Waals surface area (Å²) in [5.74, 6) is 4.29. The molecular weight excluding hydrogens is 352 g/mol. The second kappa shape index (κ2) is 7.70. The maximum Gasteiger partial charge on any atom is 0.0577 e. The number of rotatable bonds is 5. The molecule has 1 heteroatoms. The molecule has 4 aliphatic rings. The molecule has 4 aliphatic carbocycles. The van der Waals surface area contributed by atoms with Crippen molar-refractivity contribution in [2.24, 2.45) is 40.4 Å². The van der Waals surface area contributed by atoms with Gasteiger partial charge >= 0.3 is 0 Å². The maximum absolute atomic E-state index is 10.2. The van der Waals surface area contributed by atoms with Gasteiger partial charge in [0.05, 0.1) is 6.10 Å². The van der Waals surface area contributed by atoms with Crippen LogP contribution in [0.3, 0.4) is 0 Å². The van der Waals surface area contributed by atoms with Crippen LogP contribution in [-0.2, 0) is 0 Å². The van der Waals surface area contributed by atoms with Gasteiger partial charge in [0, 0.05) is 0 Å². The lowest BCUT2D eigenvalue weighted by Gasteiger charge is -2.58. The number of hydrogen-bond acceptors (Lipinski definition) is 1. The van der Waals surface area contributed by atoms with E-state index in [1.807, 2.05) is 0 Å². The van der Waals surface area contributed by atoms with Crippen LogP contribution in [0.15, 0.2) is 36.0 Å². The van der Waals surface area contributed by atoms with Gasteiger partial charge < -0.3 is 5.11 Å². The number of hydrogen-bond donors (Lipinski definition) is 1. The fourth-order valence-electron chi connectivity index (χ4n) is 8.43. The fourth-order valence-corrected chi connectivity index (χ4v) is 8.43. The third kappa shape index (κ3) is 3.50. The largest absolute Gasteiger partial charge is 0.393 e. The molecule has 1 N–H and O–H groups in total. The Labute approximate surface area is 179 Å². The molecule has 8 atom stereocenters. The van der Waals surface area contributed by atoms with E-state index in [-0.39, 0.29) is 6.10 Å². The smallest absolute Gasteiger partial charge is 0.0577 e. The Hall–Kier alpha value is -0.820. The van der Waals surface area contributed by atoms with E-state index in [4.69, 9.17) is 0 Å². The summed E-state index contributed by atoms with van der Waals surface area (Å²) < 4.78 is 0. The Kier molecular flexibility index (Phi) is 5.69. The highest BCUT2D eigenvalue weighted by Gasteiger charge is 2.59. The van der Waals surface area contributed by atoms with E-state index in [0.717, 1.165) is 54.4 Å². The molecule has 29 heavy (non-hydrogen) atoms. The van der Waals surface area contributed by atoms with Crippen LogP contribution in [0.4, 0.5) is 0 Å². The van der Waals surface area contributed by atoms with Gasteiger partial charge in [-0.1, -0.05) is 56.7 Å². The zero-order valence-electron chi connectivity index (χ0n) is 19.5. The minimum absolute atomic E-state index is 0.0922. The Bertz CT molecular complexity index is 701. The average molecular weight is 397 g/mol. The van der Waals surface area contributed by atoms with Crippen LogP contribution in [0.2, 0.25) is 0 Å². The van der Waals surface area contributed by atoms with Crippen LogP contribution in [0.1, 0.15) is 91.9 Å². The molecule has 0 saturated heterocycles. The highest BCUT2D eigenvalue weighted by molar-refractivity contribution is 5.25. The van der Waals surface area contributed by atoms with Gasteiger partial charge in [-0.25, -0.2) is 0 Å². The summed E-state index contributed by atoms with van der Waals surface area (Å²) in [6, 6.07) is 0. The SMILES string of the molecule is C=C(C)C(=C)CCC(C)C1CCC2C3CC=C4CC(O)CCC4(C)C3CCC12C. The lowest BCUT2D eigenvalue weighted by Crippen LogP contribution is -2.50. The third-order valence-corrected chi connectivity index (χ3v) is 10.3. The van der Waals surface area contributed by atoms with E-state index in [2.05, 4.69) is 46.9 Å². The van der Waals surface area contributed by atoms with E-state index in [0.29, 0.717) is 10.8 Å². The summed E-state index contributed by atoms with van der Waals surface area (Å²) in [5, 5.41) is 10.2. The van der Waals surface area contributed by atoms with Crippen molar-refractivity contribution in [2.45, 2.75) is 98.0 Å². The van der Waals surface area contributed by atoms with Crippen LogP contribution in [0.25, 0.3) is 0 Å². The summed E-state index contributed by atoms with van der Waals surface area (Å²) in [6.07, 6.45) is 15.0. The second-order valence-corrected chi connectivity index (χ2v) is 11.8. The predicted molar refractivity (Wildman–Crippen MR) is 124 cm³/mol. The zero-order chi connectivity index (χ0) is 21.0. The van der Waals surface area contributed by atoms with Crippen molar-refractivity contribution in [1.82, 2.24) is 0 Å². The molecule has 4 rings (SSSR count). The summed E-state index contributed by atoms with van der Waals surface area (Å²) in [4.78, 5) is 0. The number of aliphatic hydroxyl groups is 1. The number of allylic oxidation sites excluding steroid dienone is 3. The van der Waals surface area contributed by atoms with Crippen molar-refractivity contribution >= 4 is 0 Å². The topological polar surface area (TPSA) is 20.2 Å². The van der Waals surface area contributed by atoms with Gasteiger partial charge in [-0.2, -0.15) is 0 Å². The lowest BCUT2D eigenvalue weighted by molar-refractivity contribution is -0.0571. The molecule has 0 aliphatic heterocycles. The summed E-state index contributed by atoms with van der Waals surface area (Å²) in [7, 11) is 0. The van der Waals surface area contributed by atoms with E-state index in [1.54, 1.807) is 5.57 Å². The third-order valence-electron chi connectivity index (χ3n) is 10.3. The molecule has 3 saturated carbocycles. The van der Waals surface area contributed by atoms with E-state index < -0.39 is 0 Å². The Morgan fingerprint density at radius 1 is 1.14 bits per heavy atom. The molecule has 0 aromatic carbocycles. The van der Waals surface area contributed by atoms with Crippen molar-refractivity contribution < 1.29 is 5.11 Å². The van der Waals surface area contributed by atoms with Crippen molar-refractivity contribution in [3.63, 3.8) is 0 Å². The highest BCUT2D eigenvalue weighted by Crippen LogP contribution is 2.67. The van der Waals surface area contributed by atoms with Gasteiger partial charge in [-0.15, -0.1) is 0 Å². The van der Waals surface area contributed by atoms with Crippen LogP contribution in [0.5, 0.6) is 0 Å². The van der Waals surface area contributed by atoms with Crippen LogP contribution >= 0.6 is 0 Å². The number of fused-ring (bicyclic) bond motifs is 5. The van der Waals surface area contributed by atoms with Crippen LogP contribution < -0.4 is 0 Å². The van der Waals surface area contributed by atoms with E-state index in [9.17, 15) is 5.11 Å². The fraction of sp³-hybridized carbons (Fsp3) is 0.786. The molecule has 0 aromatic rings. The van der Waals surface area contributed by atoms with E-state index >= 15 is 0 Å². The van der Waals surface area contributed by atoms with Crippen molar-refractivity contribution in [1.29, 1.82) is 0 Å². The summed E-state index contributed by atoms with van der Waals surface area (Å²) >= 11 is 0. The Morgan fingerprint density at radius 3 is 2.62 bits per heavy atom. The van der Waals surface area contributed by atoms with Crippen molar-refractivity contribution in [3.05, 3.63) is 36.0 Å². The molecule has 8 unspecified atom stereocenters. The normalized spacial score (nSPS) is 44.9. The minimum Gasteiger partial charge on any atom is -0.393 e. The van der Waals surface area contributed by atoms with Crippen molar-refractivity contribution in [3.8, 4) is 0 Å². The average Bonchev–Trinajstić information content (AvgIpc) is 3.03. The summed E-state index contributed by atoms with van der Waals surface area (Å²) in [6.45, 7) is 18.1. The zero-order valence-corrected chi connectivity index (χ0v) is 19.5. The molecule has 3 fully saturated rings. The minimum atomic E-state index is -0.0922. The first kappa shape index (κ1) is 21.4. The van der Waals surface area contributed by atoms with Crippen LogP contribution in [-0.4, -0.2) is 11.2 Å². The molecule has 0 bridgehead atoms. The highest BCUT2D eigenvalue weighted by atomic mass is 16.3. The first-order chi connectivity index (χ1) is 13.7. The number of aliphatic hydroxyl groups excluding tert-OH is 1.